The van der Waals surface area contributed by atoms with Gasteiger partial charge in [0.15, 0.2) is 0 Å². The molecule has 3 rings (SSSR count). The Bertz CT molecular complexity index is 724. The molecular formula is C17H20ClN3O4. The maximum absolute atomic E-state index is 12.9. The van der Waals surface area contributed by atoms with Crippen LogP contribution < -0.4 is 10.2 Å². The molecule has 0 aliphatic carbocycles. The molecular weight excluding hydrogens is 346 g/mol. The van der Waals surface area contributed by atoms with Gasteiger partial charge in [0.1, 0.15) is 0 Å². The molecule has 2 atom stereocenters. The summed E-state index contributed by atoms with van der Waals surface area (Å²) in [6, 6.07) is 4.53. The summed E-state index contributed by atoms with van der Waals surface area (Å²) < 4.78 is 0. The third kappa shape index (κ3) is 3.42. The fraction of sp³-hybridized carbons (Fsp3) is 0.471. The van der Waals surface area contributed by atoms with Crippen LogP contribution in [0.1, 0.15) is 30.1 Å². The molecule has 25 heavy (non-hydrogen) atoms. The van der Waals surface area contributed by atoms with E-state index in [0.29, 0.717) is 42.2 Å². The lowest BCUT2D eigenvalue weighted by molar-refractivity contribution is -0.143. The van der Waals surface area contributed by atoms with Crippen LogP contribution in [0.5, 0.6) is 0 Å². The van der Waals surface area contributed by atoms with Crippen molar-refractivity contribution < 1.29 is 19.5 Å². The molecule has 2 unspecified atom stereocenters. The van der Waals surface area contributed by atoms with Crippen LogP contribution in [-0.2, 0) is 4.79 Å². The number of likely N-dealkylation sites (tertiary alicyclic amines) is 1. The minimum Gasteiger partial charge on any atom is -0.481 e. The number of hydrogen-bond donors (Lipinski definition) is 2. The number of halogens is 1. The summed E-state index contributed by atoms with van der Waals surface area (Å²) in [7, 11) is 0. The molecule has 0 aromatic heterocycles. The molecule has 0 spiro atoms. The first kappa shape index (κ1) is 17.5. The van der Waals surface area contributed by atoms with Gasteiger partial charge < -0.3 is 15.3 Å². The number of carboxylic acid groups (broad SMARTS) is 1. The normalized spacial score (nSPS) is 23.5. The van der Waals surface area contributed by atoms with Crippen LogP contribution in [0.3, 0.4) is 0 Å². The summed E-state index contributed by atoms with van der Waals surface area (Å²) in [6.45, 7) is 3.12. The molecule has 3 amide bonds. The van der Waals surface area contributed by atoms with E-state index < -0.39 is 11.9 Å². The first-order chi connectivity index (χ1) is 11.9. The quantitative estimate of drug-likeness (QED) is 0.859. The molecule has 1 aromatic carbocycles. The number of aliphatic carboxylic acids is 1. The third-order valence-electron chi connectivity index (χ3n) is 4.83. The lowest BCUT2D eigenvalue weighted by Crippen LogP contribution is -2.47. The third-order valence-corrected chi connectivity index (χ3v) is 5.15. The van der Waals surface area contributed by atoms with Crippen molar-refractivity contribution in [2.45, 2.75) is 25.8 Å². The summed E-state index contributed by atoms with van der Waals surface area (Å²) in [5, 5.41) is 12.3. The number of anilines is 1. The van der Waals surface area contributed by atoms with Crippen molar-refractivity contribution in [2.75, 3.05) is 24.5 Å². The molecule has 2 aliphatic rings. The van der Waals surface area contributed by atoms with Gasteiger partial charge in [-0.3, -0.25) is 14.5 Å². The average Bonchev–Trinajstić information content (AvgIpc) is 3.01. The number of nitrogens with one attached hydrogen (secondary N) is 1. The summed E-state index contributed by atoms with van der Waals surface area (Å²) >= 11 is 6.20. The van der Waals surface area contributed by atoms with Gasteiger partial charge in [0.2, 0.25) is 0 Å². The molecule has 8 heteroatoms. The van der Waals surface area contributed by atoms with Crippen LogP contribution >= 0.6 is 11.6 Å². The first-order valence-corrected chi connectivity index (χ1v) is 8.65. The Morgan fingerprint density at radius 1 is 1.32 bits per heavy atom. The molecule has 0 saturated carbocycles. The fourth-order valence-corrected chi connectivity index (χ4v) is 3.53. The van der Waals surface area contributed by atoms with E-state index in [0.717, 1.165) is 0 Å². The van der Waals surface area contributed by atoms with Crippen molar-refractivity contribution in [3.8, 4) is 0 Å². The van der Waals surface area contributed by atoms with E-state index in [9.17, 15) is 19.5 Å². The second-order valence-electron chi connectivity index (χ2n) is 6.47. The molecule has 2 N–H and O–H groups in total. The van der Waals surface area contributed by atoms with E-state index in [2.05, 4.69) is 5.32 Å². The average molecular weight is 366 g/mol. The number of benzene rings is 1. The smallest absolute Gasteiger partial charge is 0.322 e. The Balaban J connectivity index is 1.86. The van der Waals surface area contributed by atoms with E-state index in [1.54, 1.807) is 23.1 Å². The van der Waals surface area contributed by atoms with Gasteiger partial charge in [-0.25, -0.2) is 4.79 Å². The highest BCUT2D eigenvalue weighted by atomic mass is 35.5. The molecule has 7 nitrogen and oxygen atoms in total. The van der Waals surface area contributed by atoms with Gasteiger partial charge >= 0.3 is 12.0 Å². The molecule has 2 fully saturated rings. The SMILES string of the molecule is CC1CCC(C(=O)O)CN1C(=O)c1ccc(Cl)c(N2CCNC2=O)c1. The maximum atomic E-state index is 12.9. The van der Waals surface area contributed by atoms with Crippen LogP contribution in [0.4, 0.5) is 10.5 Å². The van der Waals surface area contributed by atoms with Crippen LogP contribution in [-0.4, -0.2) is 53.6 Å². The predicted molar refractivity (Wildman–Crippen MR) is 93.1 cm³/mol. The zero-order valence-electron chi connectivity index (χ0n) is 13.9. The van der Waals surface area contributed by atoms with Gasteiger partial charge in [0.05, 0.1) is 16.6 Å². The Morgan fingerprint density at radius 3 is 2.72 bits per heavy atom. The minimum absolute atomic E-state index is 0.0303. The first-order valence-electron chi connectivity index (χ1n) is 8.27. The Hall–Kier alpha value is -2.28. The molecule has 0 radical (unpaired) electrons. The number of carbonyl (C=O) groups is 3. The number of piperidine rings is 1. The highest BCUT2D eigenvalue weighted by Crippen LogP contribution is 2.30. The van der Waals surface area contributed by atoms with Crippen molar-refractivity contribution in [2.24, 2.45) is 5.92 Å². The molecule has 2 aliphatic heterocycles. The topological polar surface area (TPSA) is 89.9 Å². The molecule has 2 heterocycles. The number of hydrogen-bond acceptors (Lipinski definition) is 3. The molecule has 134 valence electrons. The number of rotatable bonds is 3. The molecule has 1 aromatic rings. The largest absolute Gasteiger partial charge is 0.481 e. The monoisotopic (exact) mass is 365 g/mol. The van der Waals surface area contributed by atoms with Crippen molar-refractivity contribution >= 4 is 35.2 Å². The van der Waals surface area contributed by atoms with Crippen molar-refractivity contribution in [1.82, 2.24) is 10.2 Å². The Morgan fingerprint density at radius 2 is 2.08 bits per heavy atom. The lowest BCUT2D eigenvalue weighted by atomic mass is 9.93. The van der Waals surface area contributed by atoms with Crippen molar-refractivity contribution in [3.63, 3.8) is 0 Å². The zero-order valence-corrected chi connectivity index (χ0v) is 14.6. The van der Waals surface area contributed by atoms with E-state index in [1.807, 2.05) is 6.92 Å². The minimum atomic E-state index is -0.879. The summed E-state index contributed by atoms with van der Waals surface area (Å²) in [6.07, 6.45) is 1.22. The lowest BCUT2D eigenvalue weighted by Gasteiger charge is -2.36. The van der Waals surface area contributed by atoms with Gasteiger partial charge in [-0.2, -0.15) is 0 Å². The molecule has 0 bridgehead atoms. The van der Waals surface area contributed by atoms with Gasteiger partial charge in [-0.05, 0) is 38.0 Å². The van der Waals surface area contributed by atoms with Gasteiger partial charge in [0.25, 0.3) is 5.91 Å². The Kier molecular flexibility index (Phi) is 4.85. The number of carbonyl (C=O) groups excluding carboxylic acids is 2. The number of nitrogens with zero attached hydrogens (tertiary/aromatic N) is 2. The second-order valence-corrected chi connectivity index (χ2v) is 6.88. The van der Waals surface area contributed by atoms with E-state index in [1.165, 1.54) is 4.90 Å². The Labute approximate surface area is 150 Å². The van der Waals surface area contributed by atoms with E-state index >= 15 is 0 Å². The highest BCUT2D eigenvalue weighted by Gasteiger charge is 2.33. The zero-order chi connectivity index (χ0) is 18.1. The summed E-state index contributed by atoms with van der Waals surface area (Å²) in [4.78, 5) is 39.1. The number of carboxylic acids is 1. The fourth-order valence-electron chi connectivity index (χ4n) is 3.31. The van der Waals surface area contributed by atoms with Crippen molar-refractivity contribution in [1.29, 1.82) is 0 Å². The van der Waals surface area contributed by atoms with Gasteiger partial charge in [0, 0.05) is 31.2 Å². The van der Waals surface area contributed by atoms with E-state index in [-0.39, 0.29) is 24.5 Å². The van der Waals surface area contributed by atoms with Gasteiger partial charge in [-0.1, -0.05) is 11.6 Å². The standard InChI is InChI=1S/C17H20ClN3O4/c1-10-2-3-12(16(23)24)9-21(10)15(22)11-4-5-13(18)14(8-11)20-7-6-19-17(20)25/h4-5,8,10,12H,2-3,6-7,9H2,1H3,(H,19,25)(H,23,24). The maximum Gasteiger partial charge on any atom is 0.322 e. The van der Waals surface area contributed by atoms with Gasteiger partial charge in [-0.15, -0.1) is 0 Å². The van der Waals surface area contributed by atoms with Crippen LogP contribution in [0.25, 0.3) is 0 Å². The van der Waals surface area contributed by atoms with Crippen LogP contribution in [0.15, 0.2) is 18.2 Å². The molecule has 2 saturated heterocycles. The van der Waals surface area contributed by atoms with Crippen LogP contribution in [0, 0.1) is 5.92 Å². The predicted octanol–water partition coefficient (Wildman–Crippen LogP) is 2.19. The summed E-state index contributed by atoms with van der Waals surface area (Å²) in [5.74, 6) is -1.66. The highest BCUT2D eigenvalue weighted by molar-refractivity contribution is 6.34. The number of urea groups is 1. The van der Waals surface area contributed by atoms with Crippen LogP contribution in [0.2, 0.25) is 5.02 Å². The van der Waals surface area contributed by atoms with E-state index in [4.69, 9.17) is 11.6 Å². The second kappa shape index (κ2) is 6.92. The van der Waals surface area contributed by atoms with Crippen molar-refractivity contribution in [3.05, 3.63) is 28.8 Å². The summed E-state index contributed by atoms with van der Waals surface area (Å²) in [5.41, 5.74) is 0.888. The number of amides is 3.